The minimum atomic E-state index is 0.0641. The van der Waals surface area contributed by atoms with Gasteiger partial charge >= 0.3 is 0 Å². The largest absolute Gasteiger partial charge is 0.325 e. The molecule has 1 aliphatic heterocycles. The number of carbonyl (C=O) groups is 1. The third-order valence-electron chi connectivity index (χ3n) is 4.86. The molecule has 0 saturated carbocycles. The second-order valence-corrected chi connectivity index (χ2v) is 7.64. The zero-order valence-corrected chi connectivity index (χ0v) is 16.4. The van der Waals surface area contributed by atoms with Crippen LogP contribution in [0.5, 0.6) is 0 Å². The first-order valence-corrected chi connectivity index (χ1v) is 10.3. The zero-order valence-electron chi connectivity index (χ0n) is 15.6. The summed E-state index contributed by atoms with van der Waals surface area (Å²) in [5, 5.41) is 3.00. The Morgan fingerprint density at radius 1 is 1.00 bits per heavy atom. The van der Waals surface area contributed by atoms with E-state index in [0.717, 1.165) is 38.4 Å². The van der Waals surface area contributed by atoms with Crippen molar-refractivity contribution in [3.8, 4) is 0 Å². The fourth-order valence-electron chi connectivity index (χ4n) is 3.21. The van der Waals surface area contributed by atoms with Gasteiger partial charge in [-0.25, -0.2) is 0 Å². The molecule has 1 fully saturated rings. The molecule has 26 heavy (non-hydrogen) atoms. The number of hydrogen-bond acceptors (Lipinski definition) is 4. The van der Waals surface area contributed by atoms with E-state index in [1.807, 2.05) is 30.5 Å². The van der Waals surface area contributed by atoms with Crippen molar-refractivity contribution in [2.24, 2.45) is 0 Å². The molecule has 2 aromatic carbocycles. The molecule has 1 aliphatic rings. The Morgan fingerprint density at radius 2 is 1.65 bits per heavy atom. The molecular formula is C21H27N3OS. The van der Waals surface area contributed by atoms with Crippen molar-refractivity contribution in [1.82, 2.24) is 9.80 Å². The van der Waals surface area contributed by atoms with Crippen LogP contribution < -0.4 is 5.32 Å². The SMILES string of the molecule is CSc1ccc(NC(=O)CN2CCN(Cc3ccccc3C)CC2)cc1. The number of anilines is 1. The molecule has 0 bridgehead atoms. The van der Waals surface area contributed by atoms with Crippen LogP contribution in [0.2, 0.25) is 0 Å². The molecule has 0 radical (unpaired) electrons. The number of hydrogen-bond donors (Lipinski definition) is 1. The molecule has 0 aromatic heterocycles. The zero-order chi connectivity index (χ0) is 18.4. The minimum absolute atomic E-state index is 0.0641. The first-order valence-electron chi connectivity index (χ1n) is 9.07. The van der Waals surface area contributed by atoms with Gasteiger partial charge in [-0.3, -0.25) is 14.6 Å². The molecular weight excluding hydrogens is 342 g/mol. The van der Waals surface area contributed by atoms with Gasteiger partial charge in [-0.1, -0.05) is 24.3 Å². The average Bonchev–Trinajstić information content (AvgIpc) is 2.66. The van der Waals surface area contributed by atoms with Gasteiger partial charge in [-0.05, 0) is 48.6 Å². The number of nitrogens with one attached hydrogen (secondary N) is 1. The van der Waals surface area contributed by atoms with E-state index in [2.05, 4.69) is 46.3 Å². The Hall–Kier alpha value is -1.82. The summed E-state index contributed by atoms with van der Waals surface area (Å²) in [5.41, 5.74) is 3.61. The second kappa shape index (κ2) is 9.21. The topological polar surface area (TPSA) is 35.6 Å². The van der Waals surface area contributed by atoms with Crippen LogP contribution in [-0.4, -0.2) is 54.7 Å². The van der Waals surface area contributed by atoms with Crippen LogP contribution in [0.15, 0.2) is 53.4 Å². The number of amides is 1. The van der Waals surface area contributed by atoms with E-state index in [1.54, 1.807) is 11.8 Å². The lowest BCUT2D eigenvalue weighted by Gasteiger charge is -2.34. The van der Waals surface area contributed by atoms with Gasteiger partial charge in [-0.2, -0.15) is 0 Å². The second-order valence-electron chi connectivity index (χ2n) is 6.76. The molecule has 1 saturated heterocycles. The van der Waals surface area contributed by atoms with E-state index in [9.17, 15) is 4.79 Å². The summed E-state index contributed by atoms with van der Waals surface area (Å²) in [5.74, 6) is 0.0641. The molecule has 3 rings (SSSR count). The van der Waals surface area contributed by atoms with Crippen LogP contribution in [-0.2, 0) is 11.3 Å². The fraction of sp³-hybridized carbons (Fsp3) is 0.381. The van der Waals surface area contributed by atoms with Crippen LogP contribution in [0.4, 0.5) is 5.69 Å². The molecule has 0 atom stereocenters. The summed E-state index contributed by atoms with van der Waals surface area (Å²) >= 11 is 1.70. The summed E-state index contributed by atoms with van der Waals surface area (Å²) in [6, 6.07) is 16.6. The molecule has 0 spiro atoms. The fourth-order valence-corrected chi connectivity index (χ4v) is 3.62. The number of piperazine rings is 1. The van der Waals surface area contributed by atoms with Crippen LogP contribution in [0, 0.1) is 6.92 Å². The van der Waals surface area contributed by atoms with E-state index in [-0.39, 0.29) is 5.91 Å². The molecule has 1 amide bonds. The van der Waals surface area contributed by atoms with Crippen molar-refractivity contribution in [2.75, 3.05) is 44.3 Å². The van der Waals surface area contributed by atoms with E-state index in [0.29, 0.717) is 6.54 Å². The summed E-state index contributed by atoms with van der Waals surface area (Å²) in [4.78, 5) is 18.2. The standard InChI is InChI=1S/C21H27N3OS/c1-17-5-3-4-6-18(17)15-23-11-13-24(14-12-23)16-21(25)22-19-7-9-20(26-2)10-8-19/h3-10H,11-16H2,1-2H3,(H,22,25). The molecule has 2 aromatic rings. The van der Waals surface area contributed by atoms with Crippen LogP contribution in [0.1, 0.15) is 11.1 Å². The number of benzene rings is 2. The highest BCUT2D eigenvalue weighted by Crippen LogP contribution is 2.17. The molecule has 0 unspecified atom stereocenters. The molecule has 1 N–H and O–H groups in total. The van der Waals surface area contributed by atoms with Crippen LogP contribution in [0.3, 0.4) is 0 Å². The van der Waals surface area contributed by atoms with Crippen LogP contribution in [0.25, 0.3) is 0 Å². The molecule has 0 aliphatic carbocycles. The number of thioether (sulfide) groups is 1. The van der Waals surface area contributed by atoms with Gasteiger partial charge in [0, 0.05) is 43.3 Å². The monoisotopic (exact) mass is 369 g/mol. The first kappa shape index (κ1) is 19.0. The average molecular weight is 370 g/mol. The van der Waals surface area contributed by atoms with Crippen molar-refractivity contribution in [1.29, 1.82) is 0 Å². The minimum Gasteiger partial charge on any atom is -0.325 e. The summed E-state index contributed by atoms with van der Waals surface area (Å²) < 4.78 is 0. The predicted octanol–water partition coefficient (Wildman–Crippen LogP) is 3.47. The number of rotatable bonds is 6. The normalized spacial score (nSPS) is 15.8. The maximum atomic E-state index is 12.3. The Kier molecular flexibility index (Phi) is 6.72. The predicted molar refractivity (Wildman–Crippen MR) is 110 cm³/mol. The van der Waals surface area contributed by atoms with E-state index >= 15 is 0 Å². The lowest BCUT2D eigenvalue weighted by molar-refractivity contribution is -0.117. The lowest BCUT2D eigenvalue weighted by Crippen LogP contribution is -2.48. The van der Waals surface area contributed by atoms with Gasteiger partial charge in [0.05, 0.1) is 6.54 Å². The summed E-state index contributed by atoms with van der Waals surface area (Å²) in [7, 11) is 0. The molecule has 5 heteroatoms. The maximum Gasteiger partial charge on any atom is 0.238 e. The summed E-state index contributed by atoms with van der Waals surface area (Å²) in [6.07, 6.45) is 2.05. The number of carbonyl (C=O) groups excluding carboxylic acids is 1. The lowest BCUT2D eigenvalue weighted by atomic mass is 10.1. The Balaban J connectivity index is 1.43. The highest BCUT2D eigenvalue weighted by molar-refractivity contribution is 7.98. The van der Waals surface area contributed by atoms with Gasteiger partial charge in [-0.15, -0.1) is 11.8 Å². The first-order chi connectivity index (χ1) is 12.6. The Morgan fingerprint density at radius 3 is 2.31 bits per heavy atom. The Labute approximate surface area is 160 Å². The van der Waals surface area contributed by atoms with E-state index in [1.165, 1.54) is 16.0 Å². The van der Waals surface area contributed by atoms with Crippen LogP contribution >= 0.6 is 11.8 Å². The van der Waals surface area contributed by atoms with E-state index < -0.39 is 0 Å². The molecule has 1 heterocycles. The third kappa shape index (κ3) is 5.34. The highest BCUT2D eigenvalue weighted by Gasteiger charge is 2.19. The van der Waals surface area contributed by atoms with Gasteiger partial charge in [0.2, 0.25) is 5.91 Å². The quantitative estimate of drug-likeness (QED) is 0.791. The number of nitrogens with zero attached hydrogens (tertiary/aromatic N) is 2. The van der Waals surface area contributed by atoms with E-state index in [4.69, 9.17) is 0 Å². The molecule has 138 valence electrons. The van der Waals surface area contributed by atoms with Crippen molar-refractivity contribution in [3.63, 3.8) is 0 Å². The third-order valence-corrected chi connectivity index (χ3v) is 5.60. The van der Waals surface area contributed by atoms with Crippen molar-refractivity contribution >= 4 is 23.4 Å². The van der Waals surface area contributed by atoms with Crippen molar-refractivity contribution in [3.05, 3.63) is 59.7 Å². The number of aryl methyl sites for hydroxylation is 1. The van der Waals surface area contributed by atoms with Gasteiger partial charge in [0.15, 0.2) is 0 Å². The van der Waals surface area contributed by atoms with Gasteiger partial charge in [0.1, 0.15) is 0 Å². The van der Waals surface area contributed by atoms with Crippen molar-refractivity contribution < 1.29 is 4.79 Å². The van der Waals surface area contributed by atoms with Gasteiger partial charge in [0.25, 0.3) is 0 Å². The smallest absolute Gasteiger partial charge is 0.238 e. The van der Waals surface area contributed by atoms with Gasteiger partial charge < -0.3 is 5.32 Å². The van der Waals surface area contributed by atoms with Crippen molar-refractivity contribution in [2.45, 2.75) is 18.4 Å². The highest BCUT2D eigenvalue weighted by atomic mass is 32.2. The molecule has 4 nitrogen and oxygen atoms in total. The summed E-state index contributed by atoms with van der Waals surface area (Å²) in [6.45, 7) is 7.50. The Bertz CT molecular complexity index is 724. The maximum absolute atomic E-state index is 12.3.